The van der Waals surface area contributed by atoms with E-state index in [2.05, 4.69) is 0 Å². The molecular formula is C9H14O2. The van der Waals surface area contributed by atoms with E-state index < -0.39 is 0 Å². The highest BCUT2D eigenvalue weighted by Gasteiger charge is 2.57. The first-order valence-electron chi connectivity index (χ1n) is 3.95. The Morgan fingerprint density at radius 1 is 1.55 bits per heavy atom. The number of hydrogen-bond donors (Lipinski definition) is 0. The second-order valence-corrected chi connectivity index (χ2v) is 4.00. The summed E-state index contributed by atoms with van der Waals surface area (Å²) in [6.07, 6.45) is 1.55. The van der Waals surface area contributed by atoms with Gasteiger partial charge in [-0.05, 0) is 18.3 Å². The van der Waals surface area contributed by atoms with Gasteiger partial charge in [-0.25, -0.2) is 0 Å². The highest BCUT2D eigenvalue weighted by molar-refractivity contribution is 5.77. The molecule has 2 heteroatoms. The third-order valence-electron chi connectivity index (χ3n) is 2.79. The summed E-state index contributed by atoms with van der Waals surface area (Å²) in [5.41, 5.74) is 0.0768. The van der Waals surface area contributed by atoms with Crippen molar-refractivity contribution >= 4 is 12.1 Å². The van der Waals surface area contributed by atoms with Gasteiger partial charge in [0, 0.05) is 12.3 Å². The molecule has 1 aliphatic rings. The molecule has 0 aromatic rings. The Labute approximate surface area is 67.0 Å². The quantitative estimate of drug-likeness (QED) is 0.576. The molecule has 0 aromatic carbocycles. The standard InChI is InChI=1S/C9H14O2/c1-6(11)4-7-8(5-10)9(7,2)3/h5,7-8H,4H2,1-3H3/t7?,8-/m1/s1. The lowest BCUT2D eigenvalue weighted by atomic mass is 10.1. The lowest BCUT2D eigenvalue weighted by molar-refractivity contribution is -0.117. The van der Waals surface area contributed by atoms with Crippen LogP contribution in [0.1, 0.15) is 27.2 Å². The number of rotatable bonds is 3. The van der Waals surface area contributed by atoms with E-state index in [1.165, 1.54) is 0 Å². The molecule has 0 bridgehead atoms. The molecule has 0 saturated heterocycles. The van der Waals surface area contributed by atoms with E-state index in [9.17, 15) is 9.59 Å². The highest BCUT2D eigenvalue weighted by Crippen LogP contribution is 2.58. The molecule has 0 aromatic heterocycles. The first kappa shape index (κ1) is 8.44. The second-order valence-electron chi connectivity index (χ2n) is 4.00. The van der Waals surface area contributed by atoms with Gasteiger partial charge in [0.2, 0.25) is 0 Å². The highest BCUT2D eigenvalue weighted by atomic mass is 16.1. The zero-order valence-corrected chi connectivity index (χ0v) is 7.26. The Hall–Kier alpha value is -0.660. The predicted molar refractivity (Wildman–Crippen MR) is 42.1 cm³/mol. The fourth-order valence-electron chi connectivity index (χ4n) is 1.76. The Morgan fingerprint density at radius 3 is 2.36 bits per heavy atom. The van der Waals surface area contributed by atoms with E-state index >= 15 is 0 Å². The van der Waals surface area contributed by atoms with Gasteiger partial charge in [0.15, 0.2) is 0 Å². The number of carbonyl (C=O) groups excluding carboxylic acids is 2. The molecule has 1 unspecified atom stereocenters. The maximum absolute atomic E-state index is 10.7. The smallest absolute Gasteiger partial charge is 0.130 e. The van der Waals surface area contributed by atoms with E-state index in [1.54, 1.807) is 6.92 Å². The molecule has 1 saturated carbocycles. The molecule has 62 valence electrons. The monoisotopic (exact) mass is 154 g/mol. The lowest BCUT2D eigenvalue weighted by Crippen LogP contribution is -1.96. The van der Waals surface area contributed by atoms with E-state index in [0.29, 0.717) is 12.3 Å². The van der Waals surface area contributed by atoms with Crippen molar-refractivity contribution in [2.45, 2.75) is 27.2 Å². The summed E-state index contributed by atoms with van der Waals surface area (Å²) >= 11 is 0. The van der Waals surface area contributed by atoms with Gasteiger partial charge in [-0.3, -0.25) is 0 Å². The molecule has 1 rings (SSSR count). The van der Waals surface area contributed by atoms with Crippen LogP contribution in [0.5, 0.6) is 0 Å². The molecule has 2 nitrogen and oxygen atoms in total. The molecule has 0 amide bonds. The Bertz CT molecular complexity index is 194. The van der Waals surface area contributed by atoms with E-state index in [1.807, 2.05) is 13.8 Å². The molecule has 0 radical (unpaired) electrons. The van der Waals surface area contributed by atoms with Crippen molar-refractivity contribution in [3.63, 3.8) is 0 Å². The van der Waals surface area contributed by atoms with Gasteiger partial charge in [0.25, 0.3) is 0 Å². The van der Waals surface area contributed by atoms with Crippen LogP contribution in [0.25, 0.3) is 0 Å². The minimum absolute atomic E-state index is 0.0768. The summed E-state index contributed by atoms with van der Waals surface area (Å²) in [6.45, 7) is 5.66. The summed E-state index contributed by atoms with van der Waals surface area (Å²) in [5.74, 6) is 0.608. The van der Waals surface area contributed by atoms with Gasteiger partial charge in [0.1, 0.15) is 12.1 Å². The second kappa shape index (κ2) is 2.43. The van der Waals surface area contributed by atoms with Crippen molar-refractivity contribution in [1.82, 2.24) is 0 Å². The Balaban J connectivity index is 2.52. The maximum atomic E-state index is 10.7. The number of carbonyl (C=O) groups is 2. The van der Waals surface area contributed by atoms with E-state index in [4.69, 9.17) is 0 Å². The molecular weight excluding hydrogens is 140 g/mol. The fraction of sp³-hybridized carbons (Fsp3) is 0.778. The summed E-state index contributed by atoms with van der Waals surface area (Å²) in [7, 11) is 0. The zero-order chi connectivity index (χ0) is 8.65. The Kier molecular flexibility index (Phi) is 1.87. The summed E-state index contributed by atoms with van der Waals surface area (Å²) in [6, 6.07) is 0. The van der Waals surface area contributed by atoms with Crippen LogP contribution in [0, 0.1) is 17.3 Å². The first-order chi connectivity index (χ1) is 5.00. The van der Waals surface area contributed by atoms with Crippen LogP contribution in [-0.4, -0.2) is 12.1 Å². The minimum atomic E-state index is 0.0768. The molecule has 0 aliphatic heterocycles. The SMILES string of the molecule is CC(=O)CC1[C@@H](C=O)C1(C)C. The molecule has 0 spiro atoms. The number of hydrogen-bond acceptors (Lipinski definition) is 2. The molecule has 0 heterocycles. The normalized spacial score (nSPS) is 33.0. The van der Waals surface area contributed by atoms with Gasteiger partial charge in [-0.2, -0.15) is 0 Å². The van der Waals surface area contributed by atoms with Crippen molar-refractivity contribution in [3.05, 3.63) is 0 Å². The van der Waals surface area contributed by atoms with Crippen molar-refractivity contribution in [2.75, 3.05) is 0 Å². The maximum Gasteiger partial charge on any atom is 0.130 e. The lowest BCUT2D eigenvalue weighted by Gasteiger charge is -1.97. The van der Waals surface area contributed by atoms with Crippen molar-refractivity contribution in [3.8, 4) is 0 Å². The van der Waals surface area contributed by atoms with Crippen LogP contribution in [0.4, 0.5) is 0 Å². The average molecular weight is 154 g/mol. The number of ketones is 1. The van der Waals surface area contributed by atoms with Crippen molar-refractivity contribution in [2.24, 2.45) is 17.3 Å². The topological polar surface area (TPSA) is 34.1 Å². The van der Waals surface area contributed by atoms with Crippen molar-refractivity contribution in [1.29, 1.82) is 0 Å². The molecule has 1 fully saturated rings. The fourth-order valence-corrected chi connectivity index (χ4v) is 1.76. The van der Waals surface area contributed by atoms with E-state index in [0.717, 1.165) is 6.29 Å². The molecule has 2 atom stereocenters. The van der Waals surface area contributed by atoms with Crippen LogP contribution in [0.3, 0.4) is 0 Å². The first-order valence-corrected chi connectivity index (χ1v) is 3.95. The molecule has 1 aliphatic carbocycles. The van der Waals surface area contributed by atoms with Gasteiger partial charge < -0.3 is 9.59 Å². The van der Waals surface area contributed by atoms with Crippen LogP contribution < -0.4 is 0 Å². The van der Waals surface area contributed by atoms with Gasteiger partial charge >= 0.3 is 0 Å². The Morgan fingerprint density at radius 2 is 2.09 bits per heavy atom. The van der Waals surface area contributed by atoms with Crippen molar-refractivity contribution < 1.29 is 9.59 Å². The summed E-state index contributed by atoms with van der Waals surface area (Å²) < 4.78 is 0. The number of Topliss-reactive ketones (excluding diaryl/α,β-unsaturated/α-hetero) is 1. The average Bonchev–Trinajstić information content (AvgIpc) is 2.33. The molecule has 0 N–H and O–H groups in total. The predicted octanol–water partition coefficient (Wildman–Crippen LogP) is 1.44. The van der Waals surface area contributed by atoms with Gasteiger partial charge in [-0.1, -0.05) is 13.8 Å². The van der Waals surface area contributed by atoms with Crippen LogP contribution in [-0.2, 0) is 9.59 Å². The number of aldehydes is 1. The van der Waals surface area contributed by atoms with Gasteiger partial charge in [-0.15, -0.1) is 0 Å². The third kappa shape index (κ3) is 1.35. The van der Waals surface area contributed by atoms with Crippen LogP contribution in [0.15, 0.2) is 0 Å². The van der Waals surface area contributed by atoms with E-state index in [-0.39, 0.29) is 17.1 Å². The molecule has 11 heavy (non-hydrogen) atoms. The third-order valence-corrected chi connectivity index (χ3v) is 2.79. The minimum Gasteiger partial charge on any atom is -0.303 e. The van der Waals surface area contributed by atoms with Crippen LogP contribution >= 0.6 is 0 Å². The summed E-state index contributed by atoms with van der Waals surface area (Å²) in [4.78, 5) is 21.2. The summed E-state index contributed by atoms with van der Waals surface area (Å²) in [5, 5.41) is 0. The zero-order valence-electron chi connectivity index (χ0n) is 7.26. The van der Waals surface area contributed by atoms with Gasteiger partial charge in [0.05, 0.1) is 0 Å². The van der Waals surface area contributed by atoms with Crippen LogP contribution in [0.2, 0.25) is 0 Å². The largest absolute Gasteiger partial charge is 0.303 e.